The van der Waals surface area contributed by atoms with Crippen molar-refractivity contribution in [3.63, 3.8) is 0 Å². The fourth-order valence-corrected chi connectivity index (χ4v) is 1.53. The third-order valence-corrected chi connectivity index (χ3v) is 3.04. The number of benzene rings is 1. The van der Waals surface area contributed by atoms with Gasteiger partial charge in [-0.3, -0.25) is 0 Å². The van der Waals surface area contributed by atoms with Crippen LogP contribution in [0.15, 0.2) is 24.3 Å². The molecule has 4 nitrogen and oxygen atoms in total. The average Bonchev–Trinajstić information content (AvgIpc) is 2.43. The summed E-state index contributed by atoms with van der Waals surface area (Å²) in [5.41, 5.74) is 13.7. The molecule has 0 amide bonds. The highest BCUT2D eigenvalue weighted by Gasteiger charge is 2.00. The van der Waals surface area contributed by atoms with Crippen molar-refractivity contribution in [3.8, 4) is 0 Å². The van der Waals surface area contributed by atoms with Crippen LogP contribution < -0.4 is 22.1 Å². The number of rotatable bonds is 8. The van der Waals surface area contributed by atoms with Crippen LogP contribution in [0.25, 0.3) is 0 Å². The molecule has 1 aromatic carbocycles. The first kappa shape index (κ1) is 15.1. The Morgan fingerprint density at radius 1 is 0.833 bits per heavy atom. The predicted molar refractivity (Wildman–Crippen MR) is 77.2 cm³/mol. The number of hydrogen-bond acceptors (Lipinski definition) is 4. The first-order valence-electron chi connectivity index (χ1n) is 6.60. The molecule has 4 heteroatoms. The molecule has 2 unspecified atom stereocenters. The molecule has 0 aliphatic carbocycles. The maximum Gasteiger partial charge on any atom is 0.0208 e. The van der Waals surface area contributed by atoms with Gasteiger partial charge < -0.3 is 22.1 Å². The molecule has 1 aromatic rings. The highest BCUT2D eigenvalue weighted by Crippen LogP contribution is 2.04. The fraction of sp³-hybridized carbons (Fsp3) is 0.571. The molecule has 6 N–H and O–H groups in total. The van der Waals surface area contributed by atoms with Crippen molar-refractivity contribution in [2.24, 2.45) is 11.5 Å². The highest BCUT2D eigenvalue weighted by molar-refractivity contribution is 5.22. The largest absolute Gasteiger partial charge is 0.329 e. The van der Waals surface area contributed by atoms with Crippen LogP contribution in [0.5, 0.6) is 0 Å². The Bertz CT molecular complexity index is 290. The third kappa shape index (κ3) is 5.60. The van der Waals surface area contributed by atoms with Crippen LogP contribution in [0.1, 0.15) is 25.0 Å². The SMILES string of the molecule is CC(CN)NCc1ccc(CNC(C)CN)cc1. The van der Waals surface area contributed by atoms with E-state index in [0.717, 1.165) is 13.1 Å². The van der Waals surface area contributed by atoms with Crippen molar-refractivity contribution in [3.05, 3.63) is 35.4 Å². The predicted octanol–water partition coefficient (Wildman–Crippen LogP) is 0.560. The van der Waals surface area contributed by atoms with Gasteiger partial charge in [0.2, 0.25) is 0 Å². The summed E-state index contributed by atoms with van der Waals surface area (Å²) in [7, 11) is 0. The summed E-state index contributed by atoms with van der Waals surface area (Å²) in [5.74, 6) is 0. The average molecular weight is 250 g/mol. The van der Waals surface area contributed by atoms with E-state index in [1.165, 1.54) is 11.1 Å². The van der Waals surface area contributed by atoms with Crippen LogP contribution in [0.3, 0.4) is 0 Å². The van der Waals surface area contributed by atoms with Gasteiger partial charge in [0.05, 0.1) is 0 Å². The molecule has 0 saturated carbocycles. The Morgan fingerprint density at radius 2 is 1.17 bits per heavy atom. The maximum atomic E-state index is 5.56. The second kappa shape index (κ2) is 8.21. The van der Waals surface area contributed by atoms with E-state index >= 15 is 0 Å². The molecule has 0 aliphatic rings. The van der Waals surface area contributed by atoms with Gasteiger partial charge in [0, 0.05) is 38.3 Å². The summed E-state index contributed by atoms with van der Waals surface area (Å²) in [4.78, 5) is 0. The molecule has 0 saturated heterocycles. The van der Waals surface area contributed by atoms with Gasteiger partial charge >= 0.3 is 0 Å². The van der Waals surface area contributed by atoms with E-state index in [1.807, 2.05) is 0 Å². The van der Waals surface area contributed by atoms with E-state index in [-0.39, 0.29) is 0 Å². The van der Waals surface area contributed by atoms with Gasteiger partial charge in [0.15, 0.2) is 0 Å². The Hall–Kier alpha value is -0.940. The lowest BCUT2D eigenvalue weighted by Gasteiger charge is -2.13. The van der Waals surface area contributed by atoms with Gasteiger partial charge in [-0.1, -0.05) is 24.3 Å². The molecule has 0 heterocycles. The lowest BCUT2D eigenvalue weighted by molar-refractivity contribution is 0.553. The zero-order valence-electron chi connectivity index (χ0n) is 11.4. The molecule has 0 radical (unpaired) electrons. The normalized spacial score (nSPS) is 14.4. The smallest absolute Gasteiger partial charge is 0.0208 e. The van der Waals surface area contributed by atoms with E-state index in [9.17, 15) is 0 Å². The highest BCUT2D eigenvalue weighted by atomic mass is 14.9. The van der Waals surface area contributed by atoms with E-state index < -0.39 is 0 Å². The van der Waals surface area contributed by atoms with Crippen LogP contribution in [-0.2, 0) is 13.1 Å². The topological polar surface area (TPSA) is 76.1 Å². The van der Waals surface area contributed by atoms with Crippen LogP contribution in [-0.4, -0.2) is 25.2 Å². The third-order valence-electron chi connectivity index (χ3n) is 3.04. The summed E-state index contributed by atoms with van der Waals surface area (Å²) in [6.45, 7) is 7.24. The number of nitrogens with two attached hydrogens (primary N) is 2. The minimum absolute atomic E-state index is 0.358. The van der Waals surface area contributed by atoms with Gasteiger partial charge in [-0.2, -0.15) is 0 Å². The van der Waals surface area contributed by atoms with Crippen molar-refractivity contribution in [2.75, 3.05) is 13.1 Å². The molecule has 0 aliphatic heterocycles. The van der Waals surface area contributed by atoms with Crippen LogP contribution >= 0.6 is 0 Å². The molecule has 0 fully saturated rings. The number of nitrogens with one attached hydrogen (secondary N) is 2. The first-order chi connectivity index (χ1) is 8.65. The molecule has 18 heavy (non-hydrogen) atoms. The zero-order valence-corrected chi connectivity index (χ0v) is 11.4. The molecule has 0 aromatic heterocycles. The van der Waals surface area contributed by atoms with Crippen molar-refractivity contribution in [2.45, 2.75) is 39.0 Å². The Morgan fingerprint density at radius 3 is 1.44 bits per heavy atom. The van der Waals surface area contributed by atoms with Crippen molar-refractivity contribution in [1.29, 1.82) is 0 Å². The Labute approximate surface area is 110 Å². The maximum absolute atomic E-state index is 5.56. The summed E-state index contributed by atoms with van der Waals surface area (Å²) >= 11 is 0. The standard InChI is InChI=1S/C14H26N4/c1-11(7-15)17-9-13-3-5-14(6-4-13)10-18-12(2)8-16/h3-6,11-12,17-18H,7-10,15-16H2,1-2H3. The van der Waals surface area contributed by atoms with Gasteiger partial charge in [-0.05, 0) is 25.0 Å². The van der Waals surface area contributed by atoms with Crippen molar-refractivity contribution in [1.82, 2.24) is 10.6 Å². The molecule has 2 atom stereocenters. The fourth-order valence-electron chi connectivity index (χ4n) is 1.53. The monoisotopic (exact) mass is 250 g/mol. The minimum atomic E-state index is 0.358. The Balaban J connectivity index is 2.37. The molecular weight excluding hydrogens is 224 g/mol. The second-order valence-corrected chi connectivity index (χ2v) is 4.85. The van der Waals surface area contributed by atoms with Crippen LogP contribution in [0.4, 0.5) is 0 Å². The van der Waals surface area contributed by atoms with E-state index in [1.54, 1.807) is 0 Å². The van der Waals surface area contributed by atoms with Crippen LogP contribution in [0, 0.1) is 0 Å². The lowest BCUT2D eigenvalue weighted by Crippen LogP contribution is -2.33. The lowest BCUT2D eigenvalue weighted by atomic mass is 10.1. The minimum Gasteiger partial charge on any atom is -0.329 e. The summed E-state index contributed by atoms with van der Waals surface area (Å²) in [6, 6.07) is 9.33. The first-order valence-corrected chi connectivity index (χ1v) is 6.60. The molecule has 1 rings (SSSR count). The summed E-state index contributed by atoms with van der Waals surface area (Å²) in [6.07, 6.45) is 0. The molecular formula is C14H26N4. The van der Waals surface area contributed by atoms with Crippen molar-refractivity contribution < 1.29 is 0 Å². The molecule has 0 spiro atoms. The molecule has 102 valence electrons. The van der Waals surface area contributed by atoms with E-state index in [2.05, 4.69) is 48.7 Å². The van der Waals surface area contributed by atoms with Gasteiger partial charge in [-0.15, -0.1) is 0 Å². The van der Waals surface area contributed by atoms with Gasteiger partial charge in [0.1, 0.15) is 0 Å². The van der Waals surface area contributed by atoms with Crippen molar-refractivity contribution >= 4 is 0 Å². The van der Waals surface area contributed by atoms with Gasteiger partial charge in [-0.25, -0.2) is 0 Å². The Kier molecular flexibility index (Phi) is 6.90. The zero-order chi connectivity index (χ0) is 13.4. The second-order valence-electron chi connectivity index (χ2n) is 4.85. The molecule has 0 bridgehead atoms. The number of hydrogen-bond donors (Lipinski definition) is 4. The van der Waals surface area contributed by atoms with E-state index in [4.69, 9.17) is 11.5 Å². The summed E-state index contributed by atoms with van der Waals surface area (Å²) < 4.78 is 0. The summed E-state index contributed by atoms with van der Waals surface area (Å²) in [5, 5.41) is 6.74. The van der Waals surface area contributed by atoms with Crippen LogP contribution in [0.2, 0.25) is 0 Å². The van der Waals surface area contributed by atoms with Gasteiger partial charge in [0.25, 0.3) is 0 Å². The quantitative estimate of drug-likeness (QED) is 0.544. The van der Waals surface area contributed by atoms with E-state index in [0.29, 0.717) is 25.2 Å².